The number of primary amides is 1. The second-order valence-electron chi connectivity index (χ2n) is 3.40. The lowest BCUT2D eigenvalue weighted by molar-refractivity contribution is 0.1000. The number of nitrogens with zero attached hydrogens (tertiary/aromatic N) is 1. The van der Waals surface area contributed by atoms with Crippen LogP contribution >= 0.6 is 0 Å². The molecule has 0 aliphatic rings. The summed E-state index contributed by atoms with van der Waals surface area (Å²) in [5.74, 6) is 5.38. The smallest absolute Gasteiger partial charge is 0.249 e. The summed E-state index contributed by atoms with van der Waals surface area (Å²) in [7, 11) is 0. The Morgan fingerprint density at radius 3 is 2.65 bits per heavy atom. The van der Waals surface area contributed by atoms with Gasteiger partial charge in [0.25, 0.3) is 0 Å². The highest BCUT2D eigenvalue weighted by atomic mass is 16.1. The SMILES string of the molecule is NC(=O)c1ccccc1C#Cc1cccnc1. The van der Waals surface area contributed by atoms with Crippen molar-refractivity contribution in [1.82, 2.24) is 4.98 Å². The number of hydrogen-bond donors (Lipinski definition) is 1. The predicted molar refractivity (Wildman–Crippen MR) is 65.2 cm³/mol. The summed E-state index contributed by atoms with van der Waals surface area (Å²) in [5.41, 5.74) is 7.13. The fourth-order valence-corrected chi connectivity index (χ4v) is 1.38. The molecular weight excluding hydrogens is 212 g/mol. The Labute approximate surface area is 99.3 Å². The molecule has 82 valence electrons. The van der Waals surface area contributed by atoms with Crippen molar-refractivity contribution in [1.29, 1.82) is 0 Å². The molecule has 0 aliphatic heterocycles. The molecule has 0 spiro atoms. The zero-order valence-electron chi connectivity index (χ0n) is 9.05. The van der Waals surface area contributed by atoms with E-state index in [-0.39, 0.29) is 0 Å². The number of carbonyl (C=O) groups is 1. The highest BCUT2D eigenvalue weighted by Crippen LogP contribution is 2.06. The van der Waals surface area contributed by atoms with E-state index in [4.69, 9.17) is 5.73 Å². The average Bonchev–Trinajstić information content (AvgIpc) is 2.38. The van der Waals surface area contributed by atoms with Gasteiger partial charge < -0.3 is 5.73 Å². The summed E-state index contributed by atoms with van der Waals surface area (Å²) in [6.45, 7) is 0. The number of nitrogens with two attached hydrogens (primary N) is 1. The molecule has 0 aliphatic carbocycles. The largest absolute Gasteiger partial charge is 0.366 e. The Morgan fingerprint density at radius 1 is 1.12 bits per heavy atom. The normalized spacial score (nSPS) is 9.18. The first-order valence-corrected chi connectivity index (χ1v) is 5.08. The highest BCUT2D eigenvalue weighted by Gasteiger charge is 2.03. The van der Waals surface area contributed by atoms with E-state index in [1.54, 1.807) is 30.6 Å². The summed E-state index contributed by atoms with van der Waals surface area (Å²) in [6.07, 6.45) is 3.35. The van der Waals surface area contributed by atoms with Crippen molar-refractivity contribution in [2.75, 3.05) is 0 Å². The number of carbonyl (C=O) groups excluding carboxylic acids is 1. The monoisotopic (exact) mass is 222 g/mol. The molecule has 0 radical (unpaired) electrons. The number of pyridine rings is 1. The van der Waals surface area contributed by atoms with Gasteiger partial charge >= 0.3 is 0 Å². The molecule has 1 aromatic carbocycles. The minimum atomic E-state index is -0.471. The molecule has 0 saturated carbocycles. The number of hydrogen-bond acceptors (Lipinski definition) is 2. The van der Waals surface area contributed by atoms with Crippen LogP contribution in [0.1, 0.15) is 21.5 Å². The van der Waals surface area contributed by atoms with Crippen LogP contribution in [0.25, 0.3) is 0 Å². The summed E-state index contributed by atoms with van der Waals surface area (Å²) in [5, 5.41) is 0. The highest BCUT2D eigenvalue weighted by molar-refractivity contribution is 5.95. The molecule has 2 rings (SSSR count). The summed E-state index contributed by atoms with van der Waals surface area (Å²) < 4.78 is 0. The molecule has 2 N–H and O–H groups in total. The second kappa shape index (κ2) is 4.95. The van der Waals surface area contributed by atoms with Crippen molar-refractivity contribution in [2.24, 2.45) is 5.73 Å². The van der Waals surface area contributed by atoms with Gasteiger partial charge in [-0.25, -0.2) is 0 Å². The first-order chi connectivity index (χ1) is 8.27. The molecule has 2 aromatic rings. The van der Waals surface area contributed by atoms with Crippen LogP contribution < -0.4 is 5.73 Å². The third-order valence-corrected chi connectivity index (χ3v) is 2.20. The maximum absolute atomic E-state index is 11.2. The molecule has 1 aromatic heterocycles. The number of aromatic nitrogens is 1. The van der Waals surface area contributed by atoms with Crippen LogP contribution in [-0.2, 0) is 0 Å². The predicted octanol–water partition coefficient (Wildman–Crippen LogP) is 1.58. The van der Waals surface area contributed by atoms with Gasteiger partial charge in [-0.05, 0) is 24.3 Å². The molecule has 0 bridgehead atoms. The zero-order valence-corrected chi connectivity index (χ0v) is 9.05. The van der Waals surface area contributed by atoms with E-state index in [1.807, 2.05) is 18.2 Å². The molecule has 0 atom stereocenters. The fraction of sp³-hybridized carbons (Fsp3) is 0. The van der Waals surface area contributed by atoms with E-state index in [1.165, 1.54) is 0 Å². The van der Waals surface area contributed by atoms with E-state index in [9.17, 15) is 4.79 Å². The lowest BCUT2D eigenvalue weighted by atomic mass is 10.1. The van der Waals surface area contributed by atoms with Crippen molar-refractivity contribution >= 4 is 5.91 Å². The van der Waals surface area contributed by atoms with Crippen molar-refractivity contribution in [3.05, 3.63) is 65.5 Å². The van der Waals surface area contributed by atoms with Gasteiger partial charge in [0, 0.05) is 23.5 Å². The van der Waals surface area contributed by atoms with Crippen LogP contribution in [0.4, 0.5) is 0 Å². The lowest BCUT2D eigenvalue weighted by Gasteiger charge is -1.97. The van der Waals surface area contributed by atoms with Gasteiger partial charge in [0.15, 0.2) is 0 Å². The molecule has 3 nitrogen and oxygen atoms in total. The molecule has 1 amide bonds. The minimum absolute atomic E-state index is 0.434. The summed E-state index contributed by atoms with van der Waals surface area (Å²) in [6, 6.07) is 10.7. The average molecular weight is 222 g/mol. The fourth-order valence-electron chi connectivity index (χ4n) is 1.38. The van der Waals surface area contributed by atoms with Gasteiger partial charge in [0.05, 0.1) is 5.56 Å². The summed E-state index contributed by atoms with van der Waals surface area (Å²) >= 11 is 0. The first kappa shape index (κ1) is 10.9. The molecule has 0 fully saturated rings. The molecule has 17 heavy (non-hydrogen) atoms. The Hall–Kier alpha value is -2.60. The lowest BCUT2D eigenvalue weighted by Crippen LogP contribution is -2.12. The minimum Gasteiger partial charge on any atom is -0.366 e. The van der Waals surface area contributed by atoms with Crippen LogP contribution in [0.5, 0.6) is 0 Å². The third kappa shape index (κ3) is 2.70. The van der Waals surface area contributed by atoms with Crippen LogP contribution in [0, 0.1) is 11.8 Å². The first-order valence-electron chi connectivity index (χ1n) is 5.08. The standard InChI is InChI=1S/C14H10N2O/c15-14(17)13-6-2-1-5-12(13)8-7-11-4-3-9-16-10-11/h1-6,9-10H,(H2,15,17). The van der Waals surface area contributed by atoms with Crippen molar-refractivity contribution in [2.45, 2.75) is 0 Å². The van der Waals surface area contributed by atoms with Crippen molar-refractivity contribution in [3.8, 4) is 11.8 Å². The van der Waals surface area contributed by atoms with E-state index < -0.39 is 5.91 Å². The second-order valence-corrected chi connectivity index (χ2v) is 3.40. The van der Waals surface area contributed by atoms with Gasteiger partial charge in [-0.2, -0.15) is 0 Å². The topological polar surface area (TPSA) is 56.0 Å². The van der Waals surface area contributed by atoms with Crippen LogP contribution in [-0.4, -0.2) is 10.9 Å². The van der Waals surface area contributed by atoms with Crippen LogP contribution in [0.15, 0.2) is 48.8 Å². The Bertz CT molecular complexity index is 594. The molecular formula is C14H10N2O. The summed E-state index contributed by atoms with van der Waals surface area (Å²) in [4.78, 5) is 15.1. The molecule has 3 heteroatoms. The zero-order chi connectivity index (χ0) is 12.1. The van der Waals surface area contributed by atoms with Gasteiger partial charge in [-0.1, -0.05) is 24.0 Å². The van der Waals surface area contributed by atoms with E-state index in [0.29, 0.717) is 11.1 Å². The van der Waals surface area contributed by atoms with Crippen LogP contribution in [0.3, 0.4) is 0 Å². The van der Waals surface area contributed by atoms with E-state index in [2.05, 4.69) is 16.8 Å². The van der Waals surface area contributed by atoms with Crippen molar-refractivity contribution in [3.63, 3.8) is 0 Å². The number of amides is 1. The number of rotatable bonds is 1. The Kier molecular flexibility index (Phi) is 3.18. The van der Waals surface area contributed by atoms with Crippen molar-refractivity contribution < 1.29 is 4.79 Å². The Balaban J connectivity index is 2.38. The van der Waals surface area contributed by atoms with Gasteiger partial charge in [0.2, 0.25) is 5.91 Å². The van der Waals surface area contributed by atoms with E-state index >= 15 is 0 Å². The quantitative estimate of drug-likeness (QED) is 0.745. The molecule has 0 unspecified atom stereocenters. The van der Waals surface area contributed by atoms with Crippen LogP contribution in [0.2, 0.25) is 0 Å². The third-order valence-electron chi connectivity index (χ3n) is 2.20. The Morgan fingerprint density at radius 2 is 1.94 bits per heavy atom. The maximum atomic E-state index is 11.2. The van der Waals surface area contributed by atoms with Gasteiger partial charge in [0.1, 0.15) is 0 Å². The van der Waals surface area contributed by atoms with Gasteiger partial charge in [-0.3, -0.25) is 9.78 Å². The number of benzene rings is 1. The van der Waals surface area contributed by atoms with Gasteiger partial charge in [-0.15, -0.1) is 0 Å². The molecule has 1 heterocycles. The maximum Gasteiger partial charge on any atom is 0.249 e. The molecule has 0 saturated heterocycles. The van der Waals surface area contributed by atoms with E-state index in [0.717, 1.165) is 5.56 Å².